The second-order valence-corrected chi connectivity index (χ2v) is 4.55. The average Bonchev–Trinajstić information content (AvgIpc) is 2.60. The molecule has 2 aromatic rings. The zero-order valence-corrected chi connectivity index (χ0v) is 11.0. The molecule has 0 fully saturated rings. The summed E-state index contributed by atoms with van der Waals surface area (Å²) >= 11 is 0. The first-order valence-corrected chi connectivity index (χ1v) is 6.30. The van der Waals surface area contributed by atoms with Gasteiger partial charge in [0.05, 0.1) is 17.1 Å². The monoisotopic (exact) mass is 266 g/mol. The number of aromatic nitrogens is 1. The Balaban J connectivity index is 2.24. The Bertz CT molecular complexity index is 681. The number of hydrogen-bond acceptors (Lipinski definition) is 4. The lowest BCUT2D eigenvalue weighted by Crippen LogP contribution is -2.39. The first-order valence-electron chi connectivity index (χ1n) is 6.30. The summed E-state index contributed by atoms with van der Waals surface area (Å²) in [5.74, 6) is -0.233. The molecule has 1 aliphatic rings. The highest BCUT2D eigenvalue weighted by Gasteiger charge is 2.27. The van der Waals surface area contributed by atoms with Crippen LogP contribution < -0.4 is 10.6 Å². The number of nitrogens with two attached hydrogens (primary N) is 1. The van der Waals surface area contributed by atoms with Gasteiger partial charge in [-0.2, -0.15) is 0 Å². The predicted octanol–water partition coefficient (Wildman–Crippen LogP) is 1.18. The maximum atomic E-state index is 12.2. The molecule has 100 valence electrons. The normalized spacial score (nSPS) is 18.3. The number of carbonyl (C=O) groups is 1. The number of rotatable bonds is 1. The summed E-state index contributed by atoms with van der Waals surface area (Å²) < 4.78 is 0. The smallest absolute Gasteiger partial charge is 0.266 e. The average molecular weight is 266 g/mol. The molecule has 1 aliphatic heterocycles. The van der Waals surface area contributed by atoms with E-state index in [9.17, 15) is 4.79 Å². The molecule has 3 rings (SSSR count). The molecule has 0 bridgehead atoms. The topological polar surface area (TPSA) is 71.6 Å². The number of carbonyl (C=O) groups excluding carboxylic acids is 1. The first kappa shape index (κ1) is 12.5. The number of anilines is 1. The lowest BCUT2D eigenvalue weighted by Gasteiger charge is -2.18. The number of nitrogens with zero attached hydrogens (tertiary/aromatic N) is 3. The van der Waals surface area contributed by atoms with Gasteiger partial charge in [0.15, 0.2) is 6.17 Å². The van der Waals surface area contributed by atoms with E-state index in [2.05, 4.69) is 9.98 Å². The van der Waals surface area contributed by atoms with Gasteiger partial charge in [0.2, 0.25) is 0 Å². The minimum Gasteiger partial charge on any atom is -0.312 e. The number of amides is 1. The molecule has 0 saturated heterocycles. The van der Waals surface area contributed by atoms with E-state index in [0.29, 0.717) is 11.4 Å². The van der Waals surface area contributed by atoms with Crippen molar-refractivity contribution in [1.29, 1.82) is 0 Å². The SMILES string of the molecule is CN1C(=O)[C@@H](N)N=C(c2ccccn2)c2ccccc21. The van der Waals surface area contributed by atoms with Crippen molar-refractivity contribution in [3.8, 4) is 0 Å². The summed E-state index contributed by atoms with van der Waals surface area (Å²) in [6.07, 6.45) is 0.784. The Kier molecular flexibility index (Phi) is 3.04. The van der Waals surface area contributed by atoms with E-state index in [4.69, 9.17) is 5.73 Å². The minimum absolute atomic E-state index is 0.233. The molecular formula is C15H14N4O. The quantitative estimate of drug-likeness (QED) is 0.842. The molecule has 1 amide bonds. The van der Waals surface area contributed by atoms with E-state index < -0.39 is 6.17 Å². The van der Waals surface area contributed by atoms with Crippen molar-refractivity contribution in [2.75, 3.05) is 11.9 Å². The number of likely N-dealkylation sites (N-methyl/N-ethyl adjacent to an activating group) is 1. The fraction of sp³-hybridized carbons (Fsp3) is 0.133. The summed E-state index contributed by atoms with van der Waals surface area (Å²) in [7, 11) is 1.71. The van der Waals surface area contributed by atoms with Crippen LogP contribution in [0.1, 0.15) is 11.3 Å². The van der Waals surface area contributed by atoms with Gasteiger partial charge in [-0.25, -0.2) is 0 Å². The van der Waals surface area contributed by atoms with Gasteiger partial charge in [0.1, 0.15) is 0 Å². The number of fused-ring (bicyclic) bond motifs is 1. The van der Waals surface area contributed by atoms with Crippen LogP contribution >= 0.6 is 0 Å². The molecule has 0 saturated carbocycles. The number of benzodiazepines with no additional fused rings is 1. The van der Waals surface area contributed by atoms with Gasteiger partial charge in [-0.1, -0.05) is 24.3 Å². The number of aliphatic imine (C=N–C) groups is 1. The van der Waals surface area contributed by atoms with E-state index in [-0.39, 0.29) is 5.91 Å². The fourth-order valence-corrected chi connectivity index (χ4v) is 2.25. The third kappa shape index (κ3) is 1.98. The van der Waals surface area contributed by atoms with Crippen LogP contribution in [0.4, 0.5) is 5.69 Å². The van der Waals surface area contributed by atoms with Gasteiger partial charge in [-0.3, -0.25) is 14.8 Å². The number of pyridine rings is 1. The van der Waals surface area contributed by atoms with E-state index in [1.165, 1.54) is 0 Å². The second-order valence-electron chi connectivity index (χ2n) is 4.55. The van der Waals surface area contributed by atoms with Gasteiger partial charge in [0, 0.05) is 18.8 Å². The molecule has 0 spiro atoms. The molecule has 0 aliphatic carbocycles. The summed E-state index contributed by atoms with van der Waals surface area (Å²) in [5, 5.41) is 0. The summed E-state index contributed by atoms with van der Waals surface area (Å²) in [5.41, 5.74) is 8.86. The van der Waals surface area contributed by atoms with Gasteiger partial charge < -0.3 is 10.6 Å². The van der Waals surface area contributed by atoms with E-state index in [1.807, 2.05) is 42.5 Å². The Morgan fingerprint density at radius 3 is 2.65 bits per heavy atom. The molecule has 2 heterocycles. The largest absolute Gasteiger partial charge is 0.312 e. The van der Waals surface area contributed by atoms with Crippen molar-refractivity contribution in [3.63, 3.8) is 0 Å². The third-order valence-electron chi connectivity index (χ3n) is 3.28. The number of benzene rings is 1. The van der Waals surface area contributed by atoms with Crippen molar-refractivity contribution in [2.24, 2.45) is 10.7 Å². The highest BCUT2D eigenvalue weighted by molar-refractivity contribution is 6.19. The van der Waals surface area contributed by atoms with Gasteiger partial charge in [0.25, 0.3) is 5.91 Å². The molecule has 20 heavy (non-hydrogen) atoms. The van der Waals surface area contributed by atoms with E-state index >= 15 is 0 Å². The highest BCUT2D eigenvalue weighted by Crippen LogP contribution is 2.25. The number of hydrogen-bond donors (Lipinski definition) is 1. The van der Waals surface area contributed by atoms with Crippen LogP contribution in [0.3, 0.4) is 0 Å². The van der Waals surface area contributed by atoms with Crippen molar-refractivity contribution in [1.82, 2.24) is 4.98 Å². The van der Waals surface area contributed by atoms with Crippen LogP contribution in [0, 0.1) is 0 Å². The van der Waals surface area contributed by atoms with Crippen LogP contribution in [0.5, 0.6) is 0 Å². The van der Waals surface area contributed by atoms with Crippen molar-refractivity contribution >= 4 is 17.3 Å². The van der Waals surface area contributed by atoms with Crippen molar-refractivity contribution < 1.29 is 4.79 Å². The molecular weight excluding hydrogens is 252 g/mol. The van der Waals surface area contributed by atoms with Gasteiger partial charge in [-0.05, 0) is 18.2 Å². The standard InChI is InChI=1S/C15H14N4O/c1-19-12-8-3-2-6-10(12)13(18-14(16)15(19)20)11-7-4-5-9-17-11/h2-9,14H,16H2,1H3/t14-/m0/s1. The Hall–Kier alpha value is -2.53. The minimum atomic E-state index is -0.913. The van der Waals surface area contributed by atoms with Crippen LogP contribution in [-0.4, -0.2) is 29.8 Å². The highest BCUT2D eigenvalue weighted by atomic mass is 16.2. The molecule has 1 aromatic carbocycles. The zero-order valence-electron chi connectivity index (χ0n) is 11.0. The van der Waals surface area contributed by atoms with Crippen molar-refractivity contribution in [3.05, 3.63) is 59.9 Å². The van der Waals surface area contributed by atoms with E-state index in [0.717, 1.165) is 11.3 Å². The molecule has 2 N–H and O–H groups in total. The Morgan fingerprint density at radius 2 is 1.90 bits per heavy atom. The van der Waals surface area contributed by atoms with Crippen LogP contribution in [0.2, 0.25) is 0 Å². The molecule has 1 atom stereocenters. The molecule has 1 aromatic heterocycles. The second kappa shape index (κ2) is 4.86. The summed E-state index contributed by atoms with van der Waals surface area (Å²) in [6, 6.07) is 13.2. The van der Waals surface area contributed by atoms with E-state index in [1.54, 1.807) is 18.1 Å². The molecule has 0 unspecified atom stereocenters. The lowest BCUT2D eigenvalue weighted by molar-refractivity contribution is -0.119. The van der Waals surface area contributed by atoms with Gasteiger partial charge in [-0.15, -0.1) is 0 Å². The van der Waals surface area contributed by atoms with Crippen molar-refractivity contribution in [2.45, 2.75) is 6.17 Å². The molecule has 5 heteroatoms. The summed E-state index contributed by atoms with van der Waals surface area (Å²) in [4.78, 5) is 22.4. The third-order valence-corrected chi connectivity index (χ3v) is 3.28. The fourth-order valence-electron chi connectivity index (χ4n) is 2.25. The predicted molar refractivity (Wildman–Crippen MR) is 77.7 cm³/mol. The van der Waals surface area contributed by atoms with Crippen LogP contribution in [0.25, 0.3) is 0 Å². The molecule has 5 nitrogen and oxygen atoms in total. The maximum Gasteiger partial charge on any atom is 0.266 e. The summed E-state index contributed by atoms with van der Waals surface area (Å²) in [6.45, 7) is 0. The number of para-hydroxylation sites is 1. The maximum absolute atomic E-state index is 12.2. The molecule has 0 radical (unpaired) electrons. The Labute approximate surface area is 116 Å². The van der Waals surface area contributed by atoms with Crippen LogP contribution in [0.15, 0.2) is 53.7 Å². The lowest BCUT2D eigenvalue weighted by atomic mass is 10.0. The zero-order chi connectivity index (χ0) is 14.1. The van der Waals surface area contributed by atoms with Gasteiger partial charge >= 0.3 is 0 Å². The first-order chi connectivity index (χ1) is 9.68. The Morgan fingerprint density at radius 1 is 1.15 bits per heavy atom. The van der Waals surface area contributed by atoms with Crippen LogP contribution in [-0.2, 0) is 4.79 Å².